The standard InChI is InChI=1S/C25H24F3N5O3/c1-24(2,3)36-23(34)32-11-9-19(25(27,28)14-32)35-18-13-16(26)12-15-7-8-17(29-21(15)18)22-31-30-20-6-4-5-10-33(20)22/h4-8,10,12-13,19H,9,11,14H2,1-3H3. The van der Waals surface area contributed by atoms with Gasteiger partial charge in [0.2, 0.25) is 0 Å². The normalized spacial score (nSPS) is 17.9. The fourth-order valence-electron chi connectivity index (χ4n) is 4.10. The van der Waals surface area contributed by atoms with Gasteiger partial charge in [-0.2, -0.15) is 0 Å². The molecule has 0 spiro atoms. The number of nitrogens with zero attached hydrogens (tertiary/aromatic N) is 5. The molecule has 3 aromatic heterocycles. The number of carbonyl (C=O) groups is 1. The lowest BCUT2D eigenvalue weighted by atomic mass is 10.0. The average Bonchev–Trinajstić information content (AvgIpc) is 3.23. The number of halogens is 3. The summed E-state index contributed by atoms with van der Waals surface area (Å²) in [7, 11) is 0. The second kappa shape index (κ2) is 8.65. The number of alkyl halides is 2. The highest BCUT2D eigenvalue weighted by atomic mass is 19.3. The molecule has 0 aliphatic carbocycles. The number of ether oxygens (including phenoxy) is 2. The molecule has 1 amide bonds. The highest BCUT2D eigenvalue weighted by Gasteiger charge is 2.48. The maximum atomic E-state index is 15.1. The second-order valence-electron chi connectivity index (χ2n) is 9.68. The first-order valence-electron chi connectivity index (χ1n) is 11.4. The molecule has 1 aliphatic heterocycles. The summed E-state index contributed by atoms with van der Waals surface area (Å²) in [6.07, 6.45) is -0.791. The quantitative estimate of drug-likeness (QED) is 0.390. The Morgan fingerprint density at radius 2 is 1.94 bits per heavy atom. The third-order valence-corrected chi connectivity index (χ3v) is 5.72. The van der Waals surface area contributed by atoms with Crippen LogP contribution in [0.1, 0.15) is 27.2 Å². The van der Waals surface area contributed by atoms with Crippen LogP contribution in [-0.4, -0.2) is 61.3 Å². The molecule has 4 heterocycles. The van der Waals surface area contributed by atoms with Gasteiger partial charge in [0.1, 0.15) is 28.4 Å². The Bertz CT molecular complexity index is 1450. The van der Waals surface area contributed by atoms with E-state index in [9.17, 15) is 9.18 Å². The first-order valence-corrected chi connectivity index (χ1v) is 11.4. The molecule has 4 aromatic rings. The fraction of sp³-hybridized carbons (Fsp3) is 0.360. The highest BCUT2D eigenvalue weighted by molar-refractivity contribution is 5.86. The SMILES string of the molecule is CC(C)(C)OC(=O)N1CCC(Oc2cc(F)cc3ccc(-c4nnc5ccccn45)nc23)C(F)(F)C1. The van der Waals surface area contributed by atoms with Gasteiger partial charge in [0.15, 0.2) is 17.6 Å². The monoisotopic (exact) mass is 499 g/mol. The van der Waals surface area contributed by atoms with Crippen molar-refractivity contribution in [3.8, 4) is 17.3 Å². The van der Waals surface area contributed by atoms with Gasteiger partial charge in [-0.15, -0.1) is 10.2 Å². The number of hydrogen-bond donors (Lipinski definition) is 0. The van der Waals surface area contributed by atoms with Crippen molar-refractivity contribution < 1.29 is 27.4 Å². The predicted octanol–water partition coefficient (Wildman–Crippen LogP) is 5.11. The molecular formula is C25H24F3N5O3. The summed E-state index contributed by atoms with van der Waals surface area (Å²) in [5, 5.41) is 8.67. The molecule has 36 heavy (non-hydrogen) atoms. The van der Waals surface area contributed by atoms with Crippen LogP contribution in [0.5, 0.6) is 5.75 Å². The van der Waals surface area contributed by atoms with Gasteiger partial charge in [-0.05, 0) is 45.0 Å². The molecule has 0 bridgehead atoms. The average molecular weight is 499 g/mol. The molecule has 1 saturated heterocycles. The zero-order chi connectivity index (χ0) is 25.7. The number of rotatable bonds is 3. The molecule has 5 rings (SSSR count). The number of likely N-dealkylation sites (tertiary alicyclic amines) is 1. The Labute approximate surface area is 204 Å². The predicted molar refractivity (Wildman–Crippen MR) is 125 cm³/mol. The molecule has 1 aromatic carbocycles. The third kappa shape index (κ3) is 4.65. The molecule has 0 N–H and O–H groups in total. The van der Waals surface area contributed by atoms with E-state index in [0.717, 1.165) is 11.0 Å². The number of fused-ring (bicyclic) bond motifs is 2. The molecule has 1 aliphatic rings. The third-order valence-electron chi connectivity index (χ3n) is 5.72. The van der Waals surface area contributed by atoms with E-state index in [1.807, 2.05) is 12.1 Å². The molecule has 1 fully saturated rings. The summed E-state index contributed by atoms with van der Waals surface area (Å²) >= 11 is 0. The number of amides is 1. The van der Waals surface area contributed by atoms with Crippen LogP contribution in [0.25, 0.3) is 28.1 Å². The smallest absolute Gasteiger partial charge is 0.410 e. The summed E-state index contributed by atoms with van der Waals surface area (Å²) in [4.78, 5) is 17.8. The van der Waals surface area contributed by atoms with Gasteiger partial charge < -0.3 is 14.4 Å². The molecule has 11 heteroatoms. The Morgan fingerprint density at radius 1 is 1.14 bits per heavy atom. The van der Waals surface area contributed by atoms with Gasteiger partial charge in [0.05, 0.1) is 6.54 Å². The van der Waals surface area contributed by atoms with Crippen LogP contribution in [0.3, 0.4) is 0 Å². The van der Waals surface area contributed by atoms with Crippen molar-refractivity contribution in [3.05, 3.63) is 54.5 Å². The van der Waals surface area contributed by atoms with Crippen molar-refractivity contribution in [1.82, 2.24) is 24.5 Å². The summed E-state index contributed by atoms with van der Waals surface area (Å²) < 4.78 is 57.1. The van der Waals surface area contributed by atoms with Gasteiger partial charge in [-0.3, -0.25) is 4.40 Å². The van der Waals surface area contributed by atoms with Crippen molar-refractivity contribution in [2.24, 2.45) is 0 Å². The minimum Gasteiger partial charge on any atom is -0.482 e. The van der Waals surface area contributed by atoms with E-state index in [1.54, 1.807) is 49.6 Å². The number of hydrogen-bond acceptors (Lipinski definition) is 6. The highest BCUT2D eigenvalue weighted by Crippen LogP contribution is 2.35. The fourth-order valence-corrected chi connectivity index (χ4v) is 4.10. The first-order chi connectivity index (χ1) is 17.0. The van der Waals surface area contributed by atoms with E-state index < -0.39 is 36.1 Å². The number of benzene rings is 1. The lowest BCUT2D eigenvalue weighted by Gasteiger charge is -2.38. The molecule has 1 unspecified atom stereocenters. The van der Waals surface area contributed by atoms with E-state index in [1.165, 1.54) is 6.07 Å². The number of pyridine rings is 2. The van der Waals surface area contributed by atoms with E-state index in [0.29, 0.717) is 22.6 Å². The van der Waals surface area contributed by atoms with E-state index in [2.05, 4.69) is 15.2 Å². The van der Waals surface area contributed by atoms with Gasteiger partial charge in [0.25, 0.3) is 0 Å². The van der Waals surface area contributed by atoms with E-state index in [4.69, 9.17) is 9.47 Å². The van der Waals surface area contributed by atoms with Crippen LogP contribution in [0.4, 0.5) is 18.0 Å². The van der Waals surface area contributed by atoms with Gasteiger partial charge >= 0.3 is 12.0 Å². The lowest BCUT2D eigenvalue weighted by Crippen LogP contribution is -2.56. The molecule has 0 radical (unpaired) electrons. The number of carbonyl (C=O) groups excluding carboxylic acids is 1. The Morgan fingerprint density at radius 3 is 2.69 bits per heavy atom. The van der Waals surface area contributed by atoms with Gasteiger partial charge in [0, 0.05) is 30.6 Å². The van der Waals surface area contributed by atoms with Crippen molar-refractivity contribution in [3.63, 3.8) is 0 Å². The number of aromatic nitrogens is 4. The van der Waals surface area contributed by atoms with Gasteiger partial charge in [-0.1, -0.05) is 12.1 Å². The van der Waals surface area contributed by atoms with E-state index >= 15 is 8.78 Å². The second-order valence-corrected chi connectivity index (χ2v) is 9.68. The minimum absolute atomic E-state index is 0.00678. The summed E-state index contributed by atoms with van der Waals surface area (Å²) in [5.74, 6) is -3.71. The molecule has 1 atom stereocenters. The van der Waals surface area contributed by atoms with Gasteiger partial charge in [-0.25, -0.2) is 22.9 Å². The van der Waals surface area contributed by atoms with Crippen LogP contribution in [0.2, 0.25) is 0 Å². The van der Waals surface area contributed by atoms with Crippen molar-refractivity contribution in [2.45, 2.75) is 44.8 Å². The molecule has 8 nitrogen and oxygen atoms in total. The topological polar surface area (TPSA) is 81.8 Å². The summed E-state index contributed by atoms with van der Waals surface area (Å²) in [5.41, 5.74) is 0.441. The number of piperidine rings is 1. The Hall–Kier alpha value is -3.89. The maximum absolute atomic E-state index is 15.1. The summed E-state index contributed by atoms with van der Waals surface area (Å²) in [6.45, 7) is 4.13. The van der Waals surface area contributed by atoms with Crippen molar-refractivity contribution >= 4 is 22.6 Å². The zero-order valence-electron chi connectivity index (χ0n) is 19.9. The Balaban J connectivity index is 1.45. The molecule has 188 valence electrons. The van der Waals surface area contributed by atoms with Crippen LogP contribution < -0.4 is 4.74 Å². The van der Waals surface area contributed by atoms with E-state index in [-0.39, 0.29) is 24.2 Å². The van der Waals surface area contributed by atoms with Crippen LogP contribution >= 0.6 is 0 Å². The maximum Gasteiger partial charge on any atom is 0.410 e. The van der Waals surface area contributed by atoms with Crippen LogP contribution in [0, 0.1) is 5.82 Å². The van der Waals surface area contributed by atoms with Crippen molar-refractivity contribution in [2.75, 3.05) is 13.1 Å². The molecule has 0 saturated carbocycles. The van der Waals surface area contributed by atoms with Crippen LogP contribution in [0.15, 0.2) is 48.7 Å². The lowest BCUT2D eigenvalue weighted by molar-refractivity contribution is -0.137. The summed E-state index contributed by atoms with van der Waals surface area (Å²) in [6, 6.07) is 11.0. The van der Waals surface area contributed by atoms with Crippen molar-refractivity contribution in [1.29, 1.82) is 0 Å². The first kappa shape index (κ1) is 23.8. The minimum atomic E-state index is -3.39. The van der Waals surface area contributed by atoms with Crippen LogP contribution in [-0.2, 0) is 4.74 Å². The zero-order valence-corrected chi connectivity index (χ0v) is 19.9. The Kier molecular flexibility index (Phi) is 5.73. The largest absolute Gasteiger partial charge is 0.482 e. The molecular weight excluding hydrogens is 475 g/mol.